The third kappa shape index (κ3) is 5.32. The zero-order chi connectivity index (χ0) is 12.7. The number of nitrogens with one attached hydrogen (secondary N) is 1. The van der Waals surface area contributed by atoms with E-state index in [1.54, 1.807) is 0 Å². The van der Waals surface area contributed by atoms with Gasteiger partial charge in [-0.1, -0.05) is 13.8 Å². The fourth-order valence-corrected chi connectivity index (χ4v) is 1.55. The Morgan fingerprint density at radius 1 is 1.47 bits per heavy atom. The zero-order valence-electron chi connectivity index (χ0n) is 10.2. The number of aromatic nitrogens is 2. The summed E-state index contributed by atoms with van der Waals surface area (Å²) in [6.45, 7) is 6.64. The highest BCUT2D eigenvalue weighted by Gasteiger charge is 2.04. The minimum atomic E-state index is 0.443. The molecule has 1 aromatic heterocycles. The largest absolute Gasteiger partial charge is 0.383 e. The lowest BCUT2D eigenvalue weighted by molar-refractivity contribution is 0.110. The molecule has 0 fully saturated rings. The van der Waals surface area contributed by atoms with Crippen molar-refractivity contribution in [2.45, 2.75) is 20.3 Å². The van der Waals surface area contributed by atoms with E-state index in [0.29, 0.717) is 16.2 Å². The average Bonchev–Trinajstić information content (AvgIpc) is 2.28. The van der Waals surface area contributed by atoms with Crippen LogP contribution in [-0.2, 0) is 4.74 Å². The Labute approximate surface area is 110 Å². The van der Waals surface area contributed by atoms with E-state index in [-0.39, 0.29) is 0 Å². The summed E-state index contributed by atoms with van der Waals surface area (Å²) in [6.07, 6.45) is 2.38. The molecular formula is C11H19BrN4O. The van der Waals surface area contributed by atoms with Crippen molar-refractivity contribution in [3.63, 3.8) is 0 Å². The van der Waals surface area contributed by atoms with Gasteiger partial charge in [0.2, 0.25) is 0 Å². The van der Waals surface area contributed by atoms with Gasteiger partial charge in [0.15, 0.2) is 0 Å². The molecule has 0 saturated heterocycles. The van der Waals surface area contributed by atoms with E-state index < -0.39 is 0 Å². The molecule has 0 atom stereocenters. The molecule has 1 heterocycles. The molecule has 96 valence electrons. The number of nitrogens with two attached hydrogens (primary N) is 1. The normalized spacial score (nSPS) is 10.8. The van der Waals surface area contributed by atoms with Crippen molar-refractivity contribution >= 4 is 27.6 Å². The van der Waals surface area contributed by atoms with Crippen LogP contribution < -0.4 is 11.1 Å². The highest BCUT2D eigenvalue weighted by atomic mass is 79.9. The van der Waals surface area contributed by atoms with Gasteiger partial charge < -0.3 is 15.8 Å². The molecule has 0 aromatic carbocycles. The molecule has 0 unspecified atom stereocenters. The van der Waals surface area contributed by atoms with Gasteiger partial charge in [-0.15, -0.1) is 0 Å². The van der Waals surface area contributed by atoms with Crippen LogP contribution in [0.15, 0.2) is 10.8 Å². The lowest BCUT2D eigenvalue weighted by Crippen LogP contribution is -2.10. The van der Waals surface area contributed by atoms with Crippen LogP contribution in [0.25, 0.3) is 0 Å². The first-order valence-electron chi connectivity index (χ1n) is 5.69. The molecule has 0 aliphatic rings. The number of ether oxygens (including phenoxy) is 1. The summed E-state index contributed by atoms with van der Waals surface area (Å²) in [5.41, 5.74) is 5.64. The zero-order valence-corrected chi connectivity index (χ0v) is 11.8. The number of anilines is 2. The fraction of sp³-hybridized carbons (Fsp3) is 0.636. The summed E-state index contributed by atoms with van der Waals surface area (Å²) < 4.78 is 6.19. The standard InChI is InChI=1S/C11H19BrN4O/c1-8(2)6-17-5-3-4-14-11-9(12)10(13)15-7-16-11/h7-8H,3-6H2,1-2H3,(H3,13,14,15,16). The summed E-state index contributed by atoms with van der Waals surface area (Å²) in [4.78, 5) is 7.97. The summed E-state index contributed by atoms with van der Waals surface area (Å²) in [6, 6.07) is 0. The number of nitrogens with zero attached hydrogens (tertiary/aromatic N) is 2. The van der Waals surface area contributed by atoms with Gasteiger partial charge in [0.25, 0.3) is 0 Å². The van der Waals surface area contributed by atoms with E-state index in [9.17, 15) is 0 Å². The van der Waals surface area contributed by atoms with Crippen LogP contribution >= 0.6 is 15.9 Å². The molecule has 0 spiro atoms. The Hall–Kier alpha value is -0.880. The Morgan fingerprint density at radius 3 is 2.94 bits per heavy atom. The van der Waals surface area contributed by atoms with Crippen LogP contribution in [0.5, 0.6) is 0 Å². The van der Waals surface area contributed by atoms with Crippen LogP contribution in [0.2, 0.25) is 0 Å². The Morgan fingerprint density at radius 2 is 2.24 bits per heavy atom. The van der Waals surface area contributed by atoms with Gasteiger partial charge in [0.1, 0.15) is 22.4 Å². The molecule has 6 heteroatoms. The second kappa shape index (κ2) is 7.45. The van der Waals surface area contributed by atoms with Gasteiger partial charge in [-0.05, 0) is 28.3 Å². The second-order valence-corrected chi connectivity index (χ2v) is 4.96. The van der Waals surface area contributed by atoms with Crippen molar-refractivity contribution in [2.24, 2.45) is 5.92 Å². The number of hydrogen-bond acceptors (Lipinski definition) is 5. The Bertz CT molecular complexity index is 346. The predicted octanol–water partition coefficient (Wildman–Crippen LogP) is 2.30. The number of halogens is 1. The van der Waals surface area contributed by atoms with E-state index in [1.165, 1.54) is 6.33 Å². The third-order valence-corrected chi connectivity index (χ3v) is 2.81. The van der Waals surface area contributed by atoms with Crippen LogP contribution in [0.1, 0.15) is 20.3 Å². The van der Waals surface area contributed by atoms with Crippen LogP contribution in [-0.4, -0.2) is 29.7 Å². The summed E-state index contributed by atoms with van der Waals surface area (Å²) >= 11 is 3.34. The van der Waals surface area contributed by atoms with Crippen molar-refractivity contribution in [1.29, 1.82) is 0 Å². The lowest BCUT2D eigenvalue weighted by Gasteiger charge is -2.09. The van der Waals surface area contributed by atoms with Crippen LogP contribution in [0.4, 0.5) is 11.6 Å². The first kappa shape index (κ1) is 14.2. The Kier molecular flexibility index (Phi) is 6.21. The van der Waals surface area contributed by atoms with E-state index in [0.717, 1.165) is 32.0 Å². The molecule has 0 radical (unpaired) electrons. The van der Waals surface area contributed by atoms with Crippen molar-refractivity contribution in [2.75, 3.05) is 30.8 Å². The van der Waals surface area contributed by atoms with Crippen LogP contribution in [0, 0.1) is 5.92 Å². The van der Waals surface area contributed by atoms with Gasteiger partial charge in [-0.2, -0.15) is 0 Å². The maximum Gasteiger partial charge on any atom is 0.145 e. The topological polar surface area (TPSA) is 73.1 Å². The molecule has 0 saturated carbocycles. The lowest BCUT2D eigenvalue weighted by atomic mass is 10.2. The predicted molar refractivity (Wildman–Crippen MR) is 72.9 cm³/mol. The molecule has 3 N–H and O–H groups in total. The average molecular weight is 303 g/mol. The monoisotopic (exact) mass is 302 g/mol. The van der Waals surface area contributed by atoms with Gasteiger partial charge in [-0.25, -0.2) is 9.97 Å². The molecule has 1 rings (SSSR count). The van der Waals surface area contributed by atoms with Gasteiger partial charge in [-0.3, -0.25) is 0 Å². The molecule has 0 bridgehead atoms. The van der Waals surface area contributed by atoms with E-state index in [2.05, 4.69) is 45.1 Å². The third-order valence-electron chi connectivity index (χ3n) is 2.03. The van der Waals surface area contributed by atoms with Gasteiger partial charge in [0, 0.05) is 19.8 Å². The Balaban J connectivity index is 2.20. The highest BCUT2D eigenvalue weighted by molar-refractivity contribution is 9.10. The quantitative estimate of drug-likeness (QED) is 0.756. The van der Waals surface area contributed by atoms with Gasteiger partial charge in [0.05, 0.1) is 0 Å². The van der Waals surface area contributed by atoms with Gasteiger partial charge >= 0.3 is 0 Å². The summed E-state index contributed by atoms with van der Waals surface area (Å²) in [7, 11) is 0. The van der Waals surface area contributed by atoms with E-state index in [4.69, 9.17) is 10.5 Å². The number of rotatable bonds is 7. The van der Waals surface area contributed by atoms with Crippen LogP contribution in [0.3, 0.4) is 0 Å². The minimum absolute atomic E-state index is 0.443. The molecule has 17 heavy (non-hydrogen) atoms. The van der Waals surface area contributed by atoms with Crippen molar-refractivity contribution in [3.8, 4) is 0 Å². The maximum atomic E-state index is 5.64. The number of nitrogen functional groups attached to an aromatic ring is 1. The number of hydrogen-bond donors (Lipinski definition) is 2. The molecule has 1 aromatic rings. The first-order chi connectivity index (χ1) is 8.11. The molecule has 5 nitrogen and oxygen atoms in total. The van der Waals surface area contributed by atoms with E-state index in [1.807, 2.05) is 0 Å². The summed E-state index contributed by atoms with van der Waals surface area (Å²) in [5.74, 6) is 1.75. The molecule has 0 amide bonds. The summed E-state index contributed by atoms with van der Waals surface area (Å²) in [5, 5.41) is 3.18. The smallest absolute Gasteiger partial charge is 0.145 e. The second-order valence-electron chi connectivity index (χ2n) is 4.17. The van der Waals surface area contributed by atoms with Crippen molar-refractivity contribution in [3.05, 3.63) is 10.8 Å². The first-order valence-corrected chi connectivity index (χ1v) is 6.48. The minimum Gasteiger partial charge on any atom is -0.383 e. The molecule has 0 aliphatic carbocycles. The van der Waals surface area contributed by atoms with Crippen molar-refractivity contribution < 1.29 is 4.74 Å². The fourth-order valence-electron chi connectivity index (χ4n) is 1.21. The molecule has 0 aliphatic heterocycles. The molecular weight excluding hydrogens is 284 g/mol. The van der Waals surface area contributed by atoms with E-state index >= 15 is 0 Å². The maximum absolute atomic E-state index is 5.64. The van der Waals surface area contributed by atoms with Crippen molar-refractivity contribution in [1.82, 2.24) is 9.97 Å². The highest BCUT2D eigenvalue weighted by Crippen LogP contribution is 2.23. The SMILES string of the molecule is CC(C)COCCCNc1ncnc(N)c1Br.